The van der Waals surface area contributed by atoms with Crippen molar-refractivity contribution in [3.8, 4) is 5.69 Å². The number of carbonyl (C=O) groups is 1. The van der Waals surface area contributed by atoms with E-state index in [0.29, 0.717) is 5.56 Å². The van der Waals surface area contributed by atoms with Gasteiger partial charge in [-0.2, -0.15) is 0 Å². The van der Waals surface area contributed by atoms with Crippen molar-refractivity contribution in [2.45, 2.75) is 6.61 Å². The average molecular weight is 250 g/mol. The molecule has 0 spiro atoms. The van der Waals surface area contributed by atoms with Crippen LogP contribution in [-0.2, 0) is 11.3 Å². The van der Waals surface area contributed by atoms with E-state index in [1.54, 1.807) is 6.07 Å². The third-order valence-electron chi connectivity index (χ3n) is 3.33. The topological polar surface area (TPSA) is 44.1 Å². The van der Waals surface area contributed by atoms with Crippen molar-refractivity contribution in [2.24, 2.45) is 0 Å². The lowest BCUT2D eigenvalue weighted by Crippen LogP contribution is -2.03. The van der Waals surface area contributed by atoms with Crippen LogP contribution in [0.15, 0.2) is 48.5 Å². The average Bonchev–Trinajstić information content (AvgIpc) is 2.76. The number of esters is 1. The van der Waals surface area contributed by atoms with Crippen molar-refractivity contribution in [1.82, 2.24) is 9.55 Å². The molecule has 0 unspecified atom stereocenters. The fourth-order valence-corrected chi connectivity index (χ4v) is 2.49. The summed E-state index contributed by atoms with van der Waals surface area (Å²) in [4.78, 5) is 16.5. The molecule has 2 heterocycles. The molecule has 0 atom stereocenters. The normalized spacial score (nSPS) is 13.6. The van der Waals surface area contributed by atoms with Gasteiger partial charge < -0.3 is 4.74 Å². The summed E-state index contributed by atoms with van der Waals surface area (Å²) in [5.41, 5.74) is 3.30. The Hall–Kier alpha value is -2.62. The maximum atomic E-state index is 11.9. The number of carbonyl (C=O) groups excluding carboxylic acids is 1. The first-order chi connectivity index (χ1) is 9.34. The zero-order valence-electron chi connectivity index (χ0n) is 10.0. The number of nitrogens with zero attached hydrogens (tertiary/aromatic N) is 2. The SMILES string of the molecule is O=C1OCc2nc3ccccc3n2-c2ccccc21. The van der Waals surface area contributed by atoms with Gasteiger partial charge in [-0.1, -0.05) is 24.3 Å². The van der Waals surface area contributed by atoms with Crippen LogP contribution in [0.25, 0.3) is 16.7 Å². The number of rotatable bonds is 0. The summed E-state index contributed by atoms with van der Waals surface area (Å²) < 4.78 is 7.26. The van der Waals surface area contributed by atoms with Gasteiger partial charge in [0.05, 0.1) is 22.3 Å². The summed E-state index contributed by atoms with van der Waals surface area (Å²) in [5, 5.41) is 0. The van der Waals surface area contributed by atoms with E-state index in [-0.39, 0.29) is 12.6 Å². The Morgan fingerprint density at radius 2 is 1.84 bits per heavy atom. The number of hydrogen-bond donors (Lipinski definition) is 0. The molecule has 0 fully saturated rings. The molecule has 0 aliphatic carbocycles. The number of ether oxygens (including phenoxy) is 1. The zero-order valence-corrected chi connectivity index (χ0v) is 10.0. The quantitative estimate of drug-likeness (QED) is 0.576. The number of benzene rings is 2. The predicted octanol–water partition coefficient (Wildman–Crippen LogP) is 2.70. The van der Waals surface area contributed by atoms with Crippen LogP contribution in [0.2, 0.25) is 0 Å². The zero-order chi connectivity index (χ0) is 12.8. The van der Waals surface area contributed by atoms with E-state index < -0.39 is 0 Å². The van der Waals surface area contributed by atoms with Gasteiger partial charge in [-0.25, -0.2) is 9.78 Å². The fraction of sp³-hybridized carbons (Fsp3) is 0.0667. The molecular weight excluding hydrogens is 240 g/mol. The first-order valence-corrected chi connectivity index (χ1v) is 6.07. The summed E-state index contributed by atoms with van der Waals surface area (Å²) in [5.74, 6) is 0.449. The molecule has 4 rings (SSSR count). The van der Waals surface area contributed by atoms with Crippen LogP contribution in [-0.4, -0.2) is 15.5 Å². The third-order valence-corrected chi connectivity index (χ3v) is 3.33. The van der Waals surface area contributed by atoms with Crippen molar-refractivity contribution in [3.05, 3.63) is 59.9 Å². The van der Waals surface area contributed by atoms with Crippen LogP contribution in [0.3, 0.4) is 0 Å². The molecule has 3 aromatic rings. The van der Waals surface area contributed by atoms with Crippen LogP contribution in [0.1, 0.15) is 16.2 Å². The second kappa shape index (κ2) is 3.68. The number of para-hydroxylation sites is 3. The van der Waals surface area contributed by atoms with Gasteiger partial charge in [-0.3, -0.25) is 4.57 Å². The lowest BCUT2D eigenvalue weighted by Gasteiger charge is -2.07. The highest BCUT2D eigenvalue weighted by molar-refractivity contribution is 5.95. The molecule has 1 aliphatic heterocycles. The third kappa shape index (κ3) is 1.40. The minimum Gasteiger partial charge on any atom is -0.454 e. The lowest BCUT2D eigenvalue weighted by atomic mass is 10.1. The number of imidazole rings is 1. The van der Waals surface area contributed by atoms with Gasteiger partial charge in [0.2, 0.25) is 0 Å². The Kier molecular flexibility index (Phi) is 2.00. The highest BCUT2D eigenvalue weighted by Crippen LogP contribution is 2.27. The largest absolute Gasteiger partial charge is 0.454 e. The van der Waals surface area contributed by atoms with Crippen molar-refractivity contribution in [1.29, 1.82) is 0 Å². The van der Waals surface area contributed by atoms with Crippen molar-refractivity contribution >= 4 is 17.0 Å². The van der Waals surface area contributed by atoms with E-state index in [0.717, 1.165) is 22.5 Å². The summed E-state index contributed by atoms with van der Waals surface area (Å²) >= 11 is 0. The highest BCUT2D eigenvalue weighted by atomic mass is 16.5. The monoisotopic (exact) mass is 250 g/mol. The second-order valence-corrected chi connectivity index (χ2v) is 4.45. The van der Waals surface area contributed by atoms with Gasteiger partial charge >= 0.3 is 5.97 Å². The Morgan fingerprint density at radius 1 is 1.05 bits per heavy atom. The first kappa shape index (κ1) is 10.3. The maximum Gasteiger partial charge on any atom is 0.340 e. The number of aromatic nitrogens is 2. The van der Waals surface area contributed by atoms with Crippen molar-refractivity contribution in [2.75, 3.05) is 0 Å². The lowest BCUT2D eigenvalue weighted by molar-refractivity contribution is 0.0471. The van der Waals surface area contributed by atoms with Crippen LogP contribution in [0.4, 0.5) is 0 Å². The van der Waals surface area contributed by atoms with Gasteiger partial charge in [-0.05, 0) is 24.3 Å². The van der Waals surface area contributed by atoms with Gasteiger partial charge in [0, 0.05) is 0 Å². The Morgan fingerprint density at radius 3 is 2.79 bits per heavy atom. The van der Waals surface area contributed by atoms with E-state index in [4.69, 9.17) is 4.74 Å². The molecule has 4 nitrogen and oxygen atoms in total. The smallest absolute Gasteiger partial charge is 0.340 e. The van der Waals surface area contributed by atoms with E-state index >= 15 is 0 Å². The van der Waals surface area contributed by atoms with Gasteiger partial charge in [0.25, 0.3) is 0 Å². The van der Waals surface area contributed by atoms with E-state index in [1.807, 2.05) is 47.0 Å². The molecule has 0 amide bonds. The standard InChI is InChI=1S/C15H10N2O2/c18-15-10-5-1-3-7-12(10)17-13-8-4-2-6-11(13)16-14(17)9-19-15/h1-8H,9H2. The van der Waals surface area contributed by atoms with Crippen molar-refractivity contribution < 1.29 is 9.53 Å². The molecule has 1 aliphatic rings. The molecule has 0 N–H and O–H groups in total. The molecule has 4 heteroatoms. The summed E-state index contributed by atoms with van der Waals surface area (Å²) in [6.45, 7) is 0.197. The first-order valence-electron chi connectivity index (χ1n) is 6.07. The molecule has 19 heavy (non-hydrogen) atoms. The summed E-state index contributed by atoms with van der Waals surface area (Å²) in [6, 6.07) is 15.3. The predicted molar refractivity (Wildman–Crippen MR) is 70.2 cm³/mol. The molecule has 0 radical (unpaired) electrons. The van der Waals surface area contributed by atoms with Gasteiger partial charge in [-0.15, -0.1) is 0 Å². The minimum atomic E-state index is -0.301. The van der Waals surface area contributed by atoms with Crippen LogP contribution in [0, 0.1) is 0 Å². The van der Waals surface area contributed by atoms with Crippen LogP contribution >= 0.6 is 0 Å². The molecule has 1 aromatic heterocycles. The number of fused-ring (bicyclic) bond motifs is 5. The summed E-state index contributed by atoms with van der Waals surface area (Å²) in [7, 11) is 0. The van der Waals surface area contributed by atoms with Crippen LogP contribution < -0.4 is 0 Å². The molecule has 92 valence electrons. The van der Waals surface area contributed by atoms with Crippen molar-refractivity contribution in [3.63, 3.8) is 0 Å². The minimum absolute atomic E-state index is 0.197. The van der Waals surface area contributed by atoms with E-state index in [2.05, 4.69) is 4.98 Å². The molecule has 0 saturated carbocycles. The molecule has 0 bridgehead atoms. The van der Waals surface area contributed by atoms with E-state index in [1.165, 1.54) is 0 Å². The highest BCUT2D eigenvalue weighted by Gasteiger charge is 2.23. The second-order valence-electron chi connectivity index (χ2n) is 4.45. The number of hydrogen-bond acceptors (Lipinski definition) is 3. The fourth-order valence-electron chi connectivity index (χ4n) is 2.49. The Balaban J connectivity index is 2.14. The van der Waals surface area contributed by atoms with Crippen LogP contribution in [0.5, 0.6) is 0 Å². The summed E-state index contributed by atoms with van der Waals surface area (Å²) in [6.07, 6.45) is 0. The molecule has 2 aromatic carbocycles. The van der Waals surface area contributed by atoms with Gasteiger partial charge in [0.1, 0.15) is 6.61 Å². The Bertz CT molecular complexity index is 805. The maximum absolute atomic E-state index is 11.9. The molecule has 0 saturated heterocycles. The van der Waals surface area contributed by atoms with E-state index in [9.17, 15) is 4.79 Å². The van der Waals surface area contributed by atoms with Gasteiger partial charge in [0.15, 0.2) is 5.82 Å². The number of cyclic esters (lactones) is 1. The Labute approximate surface area is 109 Å². The molecular formula is C15H10N2O2.